The average Bonchev–Trinajstić information content (AvgIpc) is 3.81. The molecule has 0 aliphatic heterocycles. The number of imidazole rings is 2. The minimum Gasteiger partial charge on any atom is -0.363 e. The summed E-state index contributed by atoms with van der Waals surface area (Å²) in [6.07, 6.45) is 15.6. The first kappa shape index (κ1) is 33.3. The molecule has 10 heteroatoms. The highest BCUT2D eigenvalue weighted by atomic mass is 32.1. The number of aromatic amines is 4. The molecule has 0 unspecified atom stereocenters. The fraction of sp³-hybridized carbons (Fsp3) is 0.353. The standard InChI is InChI=1S/C14H14N2OS.C11H16N2S.C9H12N2S/c17-13-10(7-11-8-15-14(18)16-11)6-5-9-3-1-2-4-12(9)13;1-2-8-12-11(14)13-9-10-6-4-3-5-7-10;12-9-10-6-8(11-9)5-7-3-1-2-4-7/h1-4,8,10H,5-7H2,(H2,15,16,18);3-7H,2,8-9H2,1H3,(H2,12,13,14);1-2,6-7H,3-5H2,(H2,10,11,12)/t10-;;/m0../s1. The van der Waals surface area contributed by atoms with Gasteiger partial charge in [0, 0.05) is 48.4 Å². The maximum absolute atomic E-state index is 12.4. The number of nitrogens with one attached hydrogen (secondary N) is 6. The van der Waals surface area contributed by atoms with E-state index < -0.39 is 0 Å². The summed E-state index contributed by atoms with van der Waals surface area (Å²) in [6.45, 7) is 3.84. The molecule has 6 rings (SSSR count). The van der Waals surface area contributed by atoms with Gasteiger partial charge in [-0.3, -0.25) is 4.79 Å². The van der Waals surface area contributed by atoms with Crippen molar-refractivity contribution in [3.05, 3.63) is 117 Å². The van der Waals surface area contributed by atoms with E-state index in [1.165, 1.54) is 29.7 Å². The van der Waals surface area contributed by atoms with Crippen molar-refractivity contribution in [1.82, 2.24) is 30.6 Å². The normalized spacial score (nSPS) is 15.4. The first-order valence-electron chi connectivity index (χ1n) is 15.3. The molecule has 6 N–H and O–H groups in total. The van der Waals surface area contributed by atoms with Crippen LogP contribution in [-0.2, 0) is 25.8 Å². The number of Topliss-reactive ketones (excluding diaryl/α,β-unsaturated/α-hetero) is 1. The number of rotatable bonds is 8. The lowest BCUT2D eigenvalue weighted by atomic mass is 9.81. The van der Waals surface area contributed by atoms with Gasteiger partial charge in [0.1, 0.15) is 0 Å². The van der Waals surface area contributed by atoms with Crippen LogP contribution in [-0.4, -0.2) is 37.4 Å². The number of benzene rings is 2. The Balaban J connectivity index is 0.000000154. The number of hydrogen-bond donors (Lipinski definition) is 6. The zero-order valence-corrected chi connectivity index (χ0v) is 27.6. The summed E-state index contributed by atoms with van der Waals surface area (Å²) in [5.41, 5.74) is 5.56. The van der Waals surface area contributed by atoms with E-state index in [1.54, 1.807) is 0 Å². The predicted molar refractivity (Wildman–Crippen MR) is 188 cm³/mol. The smallest absolute Gasteiger partial charge is 0.174 e. The summed E-state index contributed by atoms with van der Waals surface area (Å²) in [7, 11) is 0. The van der Waals surface area contributed by atoms with Crippen molar-refractivity contribution in [2.24, 2.45) is 11.8 Å². The number of fused-ring (bicyclic) bond motifs is 1. The molecular weight excluding hydrogens is 605 g/mol. The van der Waals surface area contributed by atoms with Crippen LogP contribution < -0.4 is 10.6 Å². The van der Waals surface area contributed by atoms with Crippen LogP contribution in [0, 0.1) is 21.4 Å². The second kappa shape index (κ2) is 17.6. The summed E-state index contributed by atoms with van der Waals surface area (Å²) < 4.78 is 1.35. The van der Waals surface area contributed by atoms with E-state index in [0.29, 0.717) is 4.77 Å². The molecule has 2 heterocycles. The molecule has 2 aliphatic carbocycles. The second-order valence-electron chi connectivity index (χ2n) is 11.1. The maximum Gasteiger partial charge on any atom is 0.174 e. The van der Waals surface area contributed by atoms with E-state index >= 15 is 0 Å². The number of H-pyrrole nitrogens is 4. The SMILES string of the molecule is CCCNC(=S)NCc1ccccc1.O=C1c2ccccc2CC[C@H]1Cc1c[nH]c(=S)[nH]1.S=c1[nH]cc(CC2CC=CC2)[nH]1. The van der Waals surface area contributed by atoms with Crippen LogP contribution in [0.15, 0.2) is 79.1 Å². The molecule has 2 aromatic heterocycles. The van der Waals surface area contributed by atoms with Gasteiger partial charge in [0.25, 0.3) is 0 Å². The quantitative estimate of drug-likeness (QED) is 0.0866. The Morgan fingerprint density at radius 1 is 0.864 bits per heavy atom. The summed E-state index contributed by atoms with van der Waals surface area (Å²) in [4.78, 5) is 24.5. The summed E-state index contributed by atoms with van der Waals surface area (Å²) in [5, 5.41) is 7.01. The van der Waals surface area contributed by atoms with Crippen LogP contribution >= 0.6 is 36.7 Å². The van der Waals surface area contributed by atoms with Crippen LogP contribution in [0.25, 0.3) is 0 Å². The molecule has 7 nitrogen and oxygen atoms in total. The summed E-state index contributed by atoms with van der Waals surface area (Å²) in [5.74, 6) is 1.12. The van der Waals surface area contributed by atoms with Crippen LogP contribution in [0.2, 0.25) is 0 Å². The van der Waals surface area contributed by atoms with Crippen molar-refractivity contribution in [1.29, 1.82) is 0 Å². The monoisotopic (exact) mass is 646 g/mol. The summed E-state index contributed by atoms with van der Waals surface area (Å²) >= 11 is 15.0. The van der Waals surface area contributed by atoms with Gasteiger partial charge in [-0.2, -0.15) is 0 Å². The van der Waals surface area contributed by atoms with Gasteiger partial charge in [0.05, 0.1) is 0 Å². The molecule has 2 aliphatic rings. The van der Waals surface area contributed by atoms with Crippen molar-refractivity contribution < 1.29 is 4.79 Å². The molecule has 4 aromatic rings. The molecule has 0 radical (unpaired) electrons. The van der Waals surface area contributed by atoms with Gasteiger partial charge in [-0.05, 0) is 98.6 Å². The lowest BCUT2D eigenvalue weighted by Crippen LogP contribution is -2.35. The van der Waals surface area contributed by atoms with Gasteiger partial charge in [-0.1, -0.05) is 73.7 Å². The number of hydrogen-bond acceptors (Lipinski definition) is 4. The Labute approximate surface area is 275 Å². The minimum atomic E-state index is 0.0707. The van der Waals surface area contributed by atoms with Crippen LogP contribution in [0.1, 0.15) is 65.5 Å². The van der Waals surface area contributed by atoms with Gasteiger partial charge in [0.2, 0.25) is 0 Å². The van der Waals surface area contributed by atoms with Crippen molar-refractivity contribution in [2.75, 3.05) is 6.54 Å². The molecule has 0 spiro atoms. The Morgan fingerprint density at radius 3 is 2.14 bits per heavy atom. The number of aromatic nitrogens is 4. The lowest BCUT2D eigenvalue weighted by molar-refractivity contribution is 0.0900. The predicted octanol–water partition coefficient (Wildman–Crippen LogP) is 7.70. The van der Waals surface area contributed by atoms with Gasteiger partial charge >= 0.3 is 0 Å². The van der Waals surface area contributed by atoms with Crippen molar-refractivity contribution >= 4 is 47.5 Å². The molecule has 0 saturated carbocycles. The number of allylic oxidation sites excluding steroid dienone is 2. The Hall–Kier alpha value is -3.60. The van der Waals surface area contributed by atoms with Gasteiger partial charge < -0.3 is 30.6 Å². The molecule has 0 amide bonds. The molecule has 0 fully saturated rings. The third-order valence-corrected chi connectivity index (χ3v) is 8.36. The van der Waals surface area contributed by atoms with Crippen LogP contribution in [0.5, 0.6) is 0 Å². The minimum absolute atomic E-state index is 0.0707. The first-order chi connectivity index (χ1) is 21.4. The molecule has 1 atom stereocenters. The topological polar surface area (TPSA) is 104 Å². The molecular formula is C34H42N6OS3. The largest absolute Gasteiger partial charge is 0.363 e. The van der Waals surface area contributed by atoms with Gasteiger partial charge in [-0.15, -0.1) is 0 Å². The lowest BCUT2D eigenvalue weighted by Gasteiger charge is -2.22. The van der Waals surface area contributed by atoms with Crippen molar-refractivity contribution in [3.63, 3.8) is 0 Å². The number of carbonyl (C=O) groups excluding carboxylic acids is 1. The third kappa shape index (κ3) is 10.8. The number of thiocarbonyl (C=S) groups is 1. The second-order valence-corrected chi connectivity index (χ2v) is 12.3. The highest BCUT2D eigenvalue weighted by Crippen LogP contribution is 2.27. The number of ketones is 1. The molecule has 44 heavy (non-hydrogen) atoms. The fourth-order valence-electron chi connectivity index (χ4n) is 5.31. The van der Waals surface area contributed by atoms with E-state index in [9.17, 15) is 4.79 Å². The Kier molecular flexibility index (Phi) is 13.3. The first-order valence-corrected chi connectivity index (χ1v) is 16.5. The molecule has 0 saturated heterocycles. The molecule has 0 bridgehead atoms. The van der Waals surface area contributed by atoms with E-state index in [4.69, 9.17) is 36.7 Å². The van der Waals surface area contributed by atoms with Crippen LogP contribution in [0.3, 0.4) is 0 Å². The Morgan fingerprint density at radius 2 is 1.50 bits per heavy atom. The third-order valence-electron chi connectivity index (χ3n) is 7.63. The summed E-state index contributed by atoms with van der Waals surface area (Å²) in [6, 6.07) is 18.1. The maximum atomic E-state index is 12.4. The van der Waals surface area contributed by atoms with Crippen LogP contribution in [0.4, 0.5) is 0 Å². The molecule has 232 valence electrons. The highest BCUT2D eigenvalue weighted by molar-refractivity contribution is 7.80. The van der Waals surface area contributed by atoms with E-state index in [1.807, 2.05) is 54.9 Å². The Bertz CT molecular complexity index is 1610. The van der Waals surface area contributed by atoms with E-state index in [-0.39, 0.29) is 11.7 Å². The number of aryl methyl sites for hydroxylation is 1. The van der Waals surface area contributed by atoms with Crippen molar-refractivity contribution in [2.45, 2.75) is 58.4 Å². The number of carbonyl (C=O) groups is 1. The fourth-order valence-corrected chi connectivity index (χ4v) is 5.87. The van der Waals surface area contributed by atoms with E-state index in [2.05, 4.69) is 61.8 Å². The van der Waals surface area contributed by atoms with Gasteiger partial charge in [-0.25, -0.2) is 0 Å². The van der Waals surface area contributed by atoms with Gasteiger partial charge in [0.15, 0.2) is 20.4 Å². The highest BCUT2D eigenvalue weighted by Gasteiger charge is 2.27. The zero-order valence-electron chi connectivity index (χ0n) is 25.2. The van der Waals surface area contributed by atoms with Crippen molar-refractivity contribution in [3.8, 4) is 0 Å². The van der Waals surface area contributed by atoms with E-state index in [0.717, 1.165) is 72.3 Å². The average molecular weight is 647 g/mol. The molecule has 2 aromatic carbocycles. The zero-order chi connectivity index (χ0) is 31.1.